The van der Waals surface area contributed by atoms with E-state index in [1.807, 2.05) is 0 Å². The van der Waals surface area contributed by atoms with Crippen molar-refractivity contribution in [3.8, 4) is 0 Å². The van der Waals surface area contributed by atoms with E-state index in [-0.39, 0.29) is 31.0 Å². The Morgan fingerprint density at radius 2 is 1.82 bits per heavy atom. The summed E-state index contributed by atoms with van der Waals surface area (Å²) in [6.45, 7) is 0. The monoisotopic (exact) mass is 282 g/mol. The maximum Gasteiger partial charge on any atom is 1.00 e. The van der Waals surface area contributed by atoms with Crippen molar-refractivity contribution in [1.82, 2.24) is 0 Å². The number of rotatable bonds is 2. The fraction of sp³-hybridized carbons (Fsp3) is 0.250. The summed E-state index contributed by atoms with van der Waals surface area (Å²) < 4.78 is 79.4. The summed E-state index contributed by atoms with van der Waals surface area (Å²) in [7, 11) is -4.72. The molecule has 92 valence electrons. The third-order valence-corrected chi connectivity index (χ3v) is 2.40. The first kappa shape index (κ1) is 16.9. The van der Waals surface area contributed by atoms with Gasteiger partial charge >= 0.3 is 35.7 Å². The normalized spacial score (nSPS) is 12.1. The zero-order valence-electron chi connectivity index (χ0n) is 9.62. The van der Waals surface area contributed by atoms with E-state index >= 15 is 0 Å². The second-order valence-electron chi connectivity index (χ2n) is 2.99. The molecule has 0 aliphatic carbocycles. The summed E-state index contributed by atoms with van der Waals surface area (Å²) in [6, 6.07) is 2.05. The maximum absolute atomic E-state index is 13.0. The van der Waals surface area contributed by atoms with Gasteiger partial charge < -0.3 is 1.43 Å². The molecule has 0 spiro atoms. The van der Waals surface area contributed by atoms with Crippen LogP contribution < -0.4 is 29.6 Å². The zero-order chi connectivity index (χ0) is 12.6. The van der Waals surface area contributed by atoms with E-state index in [0.717, 1.165) is 6.07 Å². The summed E-state index contributed by atoms with van der Waals surface area (Å²) in [5.41, 5.74) is -2.50. The minimum Gasteiger partial charge on any atom is -1.00 e. The second-order valence-corrected chi connectivity index (χ2v) is 4.44. The van der Waals surface area contributed by atoms with Crippen LogP contribution >= 0.6 is 0 Å². The molecule has 9 heteroatoms. The van der Waals surface area contributed by atoms with Crippen LogP contribution in [0.3, 0.4) is 0 Å². The van der Waals surface area contributed by atoms with Gasteiger partial charge in [-0.1, -0.05) is 6.07 Å². The van der Waals surface area contributed by atoms with Crippen LogP contribution in [0.25, 0.3) is 0 Å². The molecule has 17 heavy (non-hydrogen) atoms. The van der Waals surface area contributed by atoms with E-state index in [1.54, 1.807) is 0 Å². The van der Waals surface area contributed by atoms with Gasteiger partial charge in [0.15, 0.2) is 0 Å². The second kappa shape index (κ2) is 5.66. The molecule has 0 radical (unpaired) electrons. The molecule has 1 aromatic rings. The largest absolute Gasteiger partial charge is 1.00 e. The number of alkyl halides is 3. The first-order chi connectivity index (χ1) is 7.11. The maximum atomic E-state index is 13.0. The molecule has 0 heterocycles. The summed E-state index contributed by atoms with van der Waals surface area (Å²) in [5.74, 6) is -2.73. The molecule has 0 atom stereocenters. The number of benzene rings is 1. The molecule has 0 fully saturated rings. The first-order valence-corrected chi connectivity index (χ1v) is 5.52. The Bertz CT molecular complexity index is 504. The van der Waals surface area contributed by atoms with Crippen molar-refractivity contribution in [3.63, 3.8) is 0 Å². The quantitative estimate of drug-likeness (QED) is 0.445. The third-order valence-electron chi connectivity index (χ3n) is 1.75. The zero-order valence-corrected chi connectivity index (χ0v) is 11.4. The molecule has 0 saturated carbocycles. The average molecular weight is 282 g/mol. The van der Waals surface area contributed by atoms with Crippen molar-refractivity contribution in [2.24, 2.45) is 0 Å². The topological polar surface area (TPSA) is 54.4 Å². The van der Waals surface area contributed by atoms with E-state index in [0.29, 0.717) is 12.1 Å². The summed E-state index contributed by atoms with van der Waals surface area (Å²) in [5, 5.41) is 0. The molecule has 1 N–H and O–H groups in total. The summed E-state index contributed by atoms with van der Waals surface area (Å²) in [6.07, 6.45) is -4.87. The van der Waals surface area contributed by atoms with Gasteiger partial charge in [-0.2, -0.15) is 21.6 Å². The fourth-order valence-electron chi connectivity index (χ4n) is 1.15. The van der Waals surface area contributed by atoms with Crippen molar-refractivity contribution < 1.29 is 61.5 Å². The standard InChI is InChI=1S/C8H6F4O3S.Na.H/c9-7-3-1-2-6(8(10,11)12)5(7)4-16(13,14)15;;/h1-3H,4H2,(H,13,14,15);;/q;+1;-1. The van der Waals surface area contributed by atoms with Crippen molar-refractivity contribution in [2.45, 2.75) is 11.9 Å². The van der Waals surface area contributed by atoms with Crippen LogP contribution in [0, 0.1) is 5.82 Å². The van der Waals surface area contributed by atoms with E-state index in [4.69, 9.17) is 4.55 Å². The molecule has 0 aliphatic heterocycles. The van der Waals surface area contributed by atoms with Crippen LogP contribution in [-0.4, -0.2) is 13.0 Å². The van der Waals surface area contributed by atoms with Crippen LogP contribution in [0.4, 0.5) is 17.6 Å². The molecule has 0 aromatic heterocycles. The summed E-state index contributed by atoms with van der Waals surface area (Å²) >= 11 is 0. The summed E-state index contributed by atoms with van der Waals surface area (Å²) in [4.78, 5) is 0. The van der Waals surface area contributed by atoms with Gasteiger partial charge in [-0.25, -0.2) is 4.39 Å². The SMILES string of the molecule is O=S(=O)(O)Cc1c(F)cccc1C(F)(F)F.[H-].[Na+]. The minimum atomic E-state index is -4.87. The Labute approximate surface area is 118 Å². The number of hydrogen-bond donors (Lipinski definition) is 1. The van der Waals surface area contributed by atoms with Gasteiger partial charge in [-0.05, 0) is 12.1 Å². The Hall–Kier alpha value is -0.150. The van der Waals surface area contributed by atoms with Crippen LogP contribution in [0.5, 0.6) is 0 Å². The predicted molar refractivity (Wildman–Crippen MR) is 47.8 cm³/mol. The van der Waals surface area contributed by atoms with Gasteiger partial charge in [0.25, 0.3) is 10.1 Å². The van der Waals surface area contributed by atoms with Gasteiger partial charge in [0.1, 0.15) is 11.6 Å². The molecule has 1 aromatic carbocycles. The van der Waals surface area contributed by atoms with E-state index < -0.39 is 39.0 Å². The van der Waals surface area contributed by atoms with E-state index in [9.17, 15) is 26.0 Å². The van der Waals surface area contributed by atoms with Crippen LogP contribution in [-0.2, 0) is 22.0 Å². The Morgan fingerprint density at radius 3 is 2.24 bits per heavy atom. The van der Waals surface area contributed by atoms with Crippen LogP contribution in [0.15, 0.2) is 18.2 Å². The smallest absolute Gasteiger partial charge is 1.00 e. The molecular formula is C8H7F4NaO3S. The van der Waals surface area contributed by atoms with Gasteiger partial charge in [-0.15, -0.1) is 0 Å². The molecule has 0 saturated heterocycles. The molecule has 0 unspecified atom stereocenters. The van der Waals surface area contributed by atoms with Gasteiger partial charge in [0.2, 0.25) is 0 Å². The molecule has 0 amide bonds. The van der Waals surface area contributed by atoms with Gasteiger partial charge in [0.05, 0.1) is 5.56 Å². The molecule has 0 aliphatic rings. The molecule has 0 bridgehead atoms. The first-order valence-electron chi connectivity index (χ1n) is 3.91. The van der Waals surface area contributed by atoms with Gasteiger partial charge in [-0.3, -0.25) is 4.55 Å². The van der Waals surface area contributed by atoms with Gasteiger partial charge in [0, 0.05) is 5.56 Å². The van der Waals surface area contributed by atoms with Crippen molar-refractivity contribution in [3.05, 3.63) is 35.1 Å². The Morgan fingerprint density at radius 1 is 1.29 bits per heavy atom. The van der Waals surface area contributed by atoms with Crippen LogP contribution in [0.1, 0.15) is 12.6 Å². The average Bonchev–Trinajstić information content (AvgIpc) is 2.04. The van der Waals surface area contributed by atoms with Crippen molar-refractivity contribution >= 4 is 10.1 Å². The fourth-order valence-corrected chi connectivity index (χ4v) is 1.81. The predicted octanol–water partition coefficient (Wildman–Crippen LogP) is -0.651. The third kappa shape index (κ3) is 4.92. The Kier molecular flexibility index (Phi) is 5.61. The molecular weight excluding hydrogens is 275 g/mol. The number of hydrogen-bond acceptors (Lipinski definition) is 2. The minimum absolute atomic E-state index is 0. The Balaban J connectivity index is 0. The molecule has 1 rings (SSSR count). The van der Waals surface area contributed by atoms with Crippen LogP contribution in [0.2, 0.25) is 0 Å². The van der Waals surface area contributed by atoms with E-state index in [2.05, 4.69) is 0 Å². The number of halogens is 4. The van der Waals surface area contributed by atoms with E-state index in [1.165, 1.54) is 0 Å². The van der Waals surface area contributed by atoms with Crippen molar-refractivity contribution in [1.29, 1.82) is 0 Å². The molecule has 3 nitrogen and oxygen atoms in total. The van der Waals surface area contributed by atoms with Crippen molar-refractivity contribution in [2.75, 3.05) is 0 Å².